The van der Waals surface area contributed by atoms with Gasteiger partial charge in [0.2, 0.25) is 0 Å². The lowest BCUT2D eigenvalue weighted by atomic mass is 10.3. The van der Waals surface area contributed by atoms with Crippen LogP contribution in [0.1, 0.15) is 0 Å². The number of alkyl halides is 6. The summed E-state index contributed by atoms with van der Waals surface area (Å²) in [6.07, 6.45) is -4.97. The van der Waals surface area contributed by atoms with Gasteiger partial charge in [-0.25, -0.2) is 0 Å². The maximum absolute atomic E-state index is 12.2. The first-order valence-electron chi connectivity index (χ1n) is 4.81. The first kappa shape index (κ1) is 15.8. The summed E-state index contributed by atoms with van der Waals surface area (Å²) >= 11 is -0.505. The topological polar surface area (TPSA) is 12.5 Å². The number of hydrogen-bond acceptors (Lipinski definition) is 3. The second-order valence-electron chi connectivity index (χ2n) is 3.62. The molecule has 1 aromatic carbocycles. The molecule has 1 rings (SSSR count). The Morgan fingerprint density at radius 1 is 1.05 bits per heavy atom. The van der Waals surface area contributed by atoms with E-state index in [2.05, 4.69) is 4.74 Å². The molecule has 1 aromatic rings. The van der Waals surface area contributed by atoms with Gasteiger partial charge in [-0.3, -0.25) is 0 Å². The molecule has 0 aliphatic heterocycles. The zero-order chi connectivity index (χ0) is 14.8. The van der Waals surface area contributed by atoms with E-state index in [1.165, 1.54) is 19.0 Å². The fourth-order valence-electron chi connectivity index (χ4n) is 1.27. The third-order valence-corrected chi connectivity index (χ3v) is 2.59. The molecule has 9 heteroatoms. The predicted molar refractivity (Wildman–Crippen MR) is 59.4 cm³/mol. The Morgan fingerprint density at radius 3 is 2.05 bits per heavy atom. The van der Waals surface area contributed by atoms with E-state index in [1.54, 1.807) is 0 Å². The van der Waals surface area contributed by atoms with Crippen molar-refractivity contribution in [2.24, 2.45) is 0 Å². The molecule has 0 bridgehead atoms. The van der Waals surface area contributed by atoms with Crippen molar-refractivity contribution in [3.8, 4) is 5.75 Å². The summed E-state index contributed by atoms with van der Waals surface area (Å²) in [4.78, 5) is 0.931. The summed E-state index contributed by atoms with van der Waals surface area (Å²) in [6.45, 7) is 0. The fourth-order valence-corrected chi connectivity index (χ4v) is 1.84. The molecule has 0 fully saturated rings. The molecular weight excluding hydrogens is 296 g/mol. The molecule has 108 valence electrons. The number of thioether (sulfide) groups is 1. The van der Waals surface area contributed by atoms with E-state index in [0.29, 0.717) is 6.07 Å². The van der Waals surface area contributed by atoms with Crippen LogP contribution in [0.3, 0.4) is 0 Å². The van der Waals surface area contributed by atoms with E-state index in [9.17, 15) is 26.3 Å². The van der Waals surface area contributed by atoms with Crippen molar-refractivity contribution in [1.82, 2.24) is 0 Å². The summed E-state index contributed by atoms with van der Waals surface area (Å²) in [5, 5.41) is 0. The Hall–Kier alpha value is -1.25. The smallest absolute Gasteiger partial charge is 0.404 e. The molecule has 0 amide bonds. The van der Waals surface area contributed by atoms with Crippen LogP contribution in [0.25, 0.3) is 0 Å². The van der Waals surface area contributed by atoms with Crippen molar-refractivity contribution in [2.45, 2.75) is 16.8 Å². The quantitative estimate of drug-likeness (QED) is 0.611. The number of anilines is 1. The van der Waals surface area contributed by atoms with Crippen molar-refractivity contribution in [3.63, 3.8) is 0 Å². The second kappa shape index (κ2) is 5.40. The maximum Gasteiger partial charge on any atom is 0.573 e. The summed E-state index contributed by atoms with van der Waals surface area (Å²) in [5.74, 6) is -0.674. The first-order chi connectivity index (χ1) is 8.48. The summed E-state index contributed by atoms with van der Waals surface area (Å²) in [5.41, 5.74) is -4.54. The molecule has 0 atom stereocenters. The zero-order valence-corrected chi connectivity index (χ0v) is 10.6. The largest absolute Gasteiger partial charge is 0.573 e. The van der Waals surface area contributed by atoms with Gasteiger partial charge in [0.25, 0.3) is 0 Å². The highest BCUT2D eigenvalue weighted by atomic mass is 32.2. The fraction of sp³-hybridized carbons (Fsp3) is 0.400. The van der Waals surface area contributed by atoms with Gasteiger partial charge in [0.05, 0.1) is 5.69 Å². The lowest BCUT2D eigenvalue weighted by molar-refractivity contribution is -0.274. The number of nitrogens with zero attached hydrogens (tertiary/aromatic N) is 1. The van der Waals surface area contributed by atoms with Crippen LogP contribution in [-0.4, -0.2) is 26.0 Å². The number of rotatable bonds is 3. The number of ether oxygens (including phenoxy) is 1. The molecule has 2 nitrogen and oxygen atoms in total. The summed E-state index contributed by atoms with van der Waals surface area (Å²) in [7, 11) is 2.91. The van der Waals surface area contributed by atoms with Gasteiger partial charge in [-0.15, -0.1) is 13.2 Å². The van der Waals surface area contributed by atoms with Crippen molar-refractivity contribution in [2.75, 3.05) is 19.0 Å². The highest BCUT2D eigenvalue weighted by Gasteiger charge is 2.34. The van der Waals surface area contributed by atoms with Gasteiger partial charge in [-0.1, -0.05) is 0 Å². The molecule has 0 aliphatic rings. The van der Waals surface area contributed by atoms with Gasteiger partial charge >= 0.3 is 11.9 Å². The molecule has 0 N–H and O–H groups in total. The number of halogens is 6. The molecule has 19 heavy (non-hydrogen) atoms. The minimum atomic E-state index is -4.97. The Balaban J connectivity index is 3.11. The van der Waals surface area contributed by atoms with E-state index in [4.69, 9.17) is 0 Å². The van der Waals surface area contributed by atoms with Gasteiger partial charge in [0, 0.05) is 19.0 Å². The minimum Gasteiger partial charge on any atom is -0.404 e. The molecule has 0 heterocycles. The number of benzene rings is 1. The van der Waals surface area contributed by atoms with Crippen LogP contribution < -0.4 is 9.64 Å². The monoisotopic (exact) mass is 305 g/mol. The molecule has 0 spiro atoms. The average Bonchev–Trinajstić information content (AvgIpc) is 2.11. The lowest BCUT2D eigenvalue weighted by Crippen LogP contribution is -2.20. The van der Waals surface area contributed by atoms with Crippen LogP contribution >= 0.6 is 11.8 Å². The molecule has 0 saturated heterocycles. The van der Waals surface area contributed by atoms with E-state index in [1.807, 2.05) is 0 Å². The van der Waals surface area contributed by atoms with Gasteiger partial charge in [0.15, 0.2) is 5.75 Å². The highest BCUT2D eigenvalue weighted by Crippen LogP contribution is 2.41. The minimum absolute atomic E-state index is 0.0313. The highest BCUT2D eigenvalue weighted by molar-refractivity contribution is 8.00. The lowest BCUT2D eigenvalue weighted by Gasteiger charge is -2.19. The Morgan fingerprint density at radius 2 is 1.63 bits per heavy atom. The van der Waals surface area contributed by atoms with Crippen molar-refractivity contribution < 1.29 is 31.1 Å². The molecule has 0 unspecified atom stereocenters. The van der Waals surface area contributed by atoms with Gasteiger partial charge < -0.3 is 9.64 Å². The van der Waals surface area contributed by atoms with Gasteiger partial charge in [-0.2, -0.15) is 13.2 Å². The van der Waals surface area contributed by atoms with Crippen LogP contribution in [0, 0.1) is 0 Å². The van der Waals surface area contributed by atoms with Gasteiger partial charge in [-0.05, 0) is 30.0 Å². The third-order valence-electron chi connectivity index (χ3n) is 1.87. The average molecular weight is 305 g/mol. The molecular formula is C10H9F6NOS. The van der Waals surface area contributed by atoms with Crippen LogP contribution in [0.15, 0.2) is 23.1 Å². The molecule has 0 radical (unpaired) electrons. The van der Waals surface area contributed by atoms with Crippen molar-refractivity contribution in [3.05, 3.63) is 18.2 Å². The Labute approximate surface area is 109 Å². The van der Waals surface area contributed by atoms with Crippen LogP contribution in [0.4, 0.5) is 32.0 Å². The van der Waals surface area contributed by atoms with Crippen LogP contribution in [0.5, 0.6) is 5.75 Å². The van der Waals surface area contributed by atoms with Crippen LogP contribution in [-0.2, 0) is 0 Å². The standard InChI is InChI=1S/C10H9F6NOS/c1-17(2)7-4-3-6(19-10(14,15)16)5-8(7)18-9(11,12)13/h3-5H,1-2H3. The summed E-state index contributed by atoms with van der Waals surface area (Å²) in [6, 6.07) is 2.92. The van der Waals surface area contributed by atoms with E-state index in [-0.39, 0.29) is 10.6 Å². The van der Waals surface area contributed by atoms with E-state index in [0.717, 1.165) is 12.1 Å². The third kappa shape index (κ3) is 5.50. The predicted octanol–water partition coefficient (Wildman–Crippen LogP) is 4.26. The molecule has 0 aliphatic carbocycles. The van der Waals surface area contributed by atoms with E-state index < -0.39 is 29.4 Å². The van der Waals surface area contributed by atoms with Gasteiger partial charge in [0.1, 0.15) is 0 Å². The summed E-state index contributed by atoms with van der Waals surface area (Å²) < 4.78 is 76.8. The zero-order valence-electron chi connectivity index (χ0n) is 9.76. The second-order valence-corrected chi connectivity index (χ2v) is 4.76. The first-order valence-corrected chi connectivity index (χ1v) is 5.62. The SMILES string of the molecule is CN(C)c1ccc(SC(F)(F)F)cc1OC(F)(F)F. The molecule has 0 saturated carbocycles. The van der Waals surface area contributed by atoms with Crippen molar-refractivity contribution in [1.29, 1.82) is 0 Å². The van der Waals surface area contributed by atoms with Crippen LogP contribution in [0.2, 0.25) is 0 Å². The maximum atomic E-state index is 12.2. The van der Waals surface area contributed by atoms with E-state index >= 15 is 0 Å². The Bertz CT molecular complexity index is 443. The normalized spacial score (nSPS) is 12.4. The number of hydrogen-bond donors (Lipinski definition) is 0. The molecule has 0 aromatic heterocycles. The Kier molecular flexibility index (Phi) is 4.49. The van der Waals surface area contributed by atoms with Crippen molar-refractivity contribution >= 4 is 17.4 Å².